The maximum Gasteiger partial charge on any atom is 0.224 e. The number of fused-ring (bicyclic) bond motifs is 1. The molecule has 34 heavy (non-hydrogen) atoms. The number of benzene rings is 3. The first-order chi connectivity index (χ1) is 16.4. The van der Waals surface area contributed by atoms with Crippen molar-refractivity contribution >= 4 is 34.3 Å². The summed E-state index contributed by atoms with van der Waals surface area (Å²) < 4.78 is 26.6. The number of hydrogen-bond donors (Lipinski definition) is 3. The molecule has 4 aromatic rings. The summed E-state index contributed by atoms with van der Waals surface area (Å²) in [7, 11) is 0. The summed E-state index contributed by atoms with van der Waals surface area (Å²) in [6.07, 6.45) is -0.252. The maximum absolute atomic E-state index is 13.6. The standard InChI is InChI=1S/C25H20F2N4O3/c26-16-7-10-18(19(27)13-16)22(32)14-28-23(33)11-12-24(34)29-17-8-5-15(6-9-17)25-30-20-3-1-2-4-21(20)31-25/h1-10,13H,11-12,14H2,(H,28,33)(H,29,34)(H,30,31). The number of Topliss-reactive ketones (excluding diaryl/α,β-unsaturated/α-hetero) is 1. The molecule has 1 heterocycles. The Kier molecular flexibility index (Phi) is 6.72. The maximum atomic E-state index is 13.6. The van der Waals surface area contributed by atoms with Gasteiger partial charge in [0, 0.05) is 30.2 Å². The minimum absolute atomic E-state index is 0.101. The molecule has 3 aromatic carbocycles. The molecule has 0 spiro atoms. The fourth-order valence-electron chi connectivity index (χ4n) is 3.33. The van der Waals surface area contributed by atoms with Crippen LogP contribution in [0, 0.1) is 11.6 Å². The third kappa shape index (κ3) is 5.50. The van der Waals surface area contributed by atoms with Gasteiger partial charge >= 0.3 is 0 Å². The smallest absolute Gasteiger partial charge is 0.224 e. The number of carbonyl (C=O) groups is 3. The van der Waals surface area contributed by atoms with Crippen molar-refractivity contribution in [1.82, 2.24) is 15.3 Å². The highest BCUT2D eigenvalue weighted by Crippen LogP contribution is 2.22. The van der Waals surface area contributed by atoms with Crippen molar-refractivity contribution in [3.8, 4) is 11.4 Å². The van der Waals surface area contributed by atoms with Crippen LogP contribution in [0.25, 0.3) is 22.4 Å². The van der Waals surface area contributed by atoms with Gasteiger partial charge in [0.15, 0.2) is 5.78 Å². The first kappa shape index (κ1) is 22.8. The number of aromatic nitrogens is 2. The number of carbonyl (C=O) groups excluding carboxylic acids is 3. The minimum Gasteiger partial charge on any atom is -0.349 e. The lowest BCUT2D eigenvalue weighted by Crippen LogP contribution is -2.30. The van der Waals surface area contributed by atoms with Gasteiger partial charge in [0.2, 0.25) is 11.8 Å². The number of H-pyrrole nitrogens is 1. The Hall–Kier alpha value is -4.40. The molecule has 0 fully saturated rings. The molecule has 0 aliphatic carbocycles. The molecule has 0 atom stereocenters. The van der Waals surface area contributed by atoms with Crippen LogP contribution in [0.5, 0.6) is 0 Å². The Bertz CT molecular complexity index is 1330. The third-order valence-electron chi connectivity index (χ3n) is 5.09. The van der Waals surface area contributed by atoms with E-state index >= 15 is 0 Å². The molecular weight excluding hydrogens is 442 g/mol. The van der Waals surface area contributed by atoms with Gasteiger partial charge in [-0.05, 0) is 48.5 Å². The Morgan fingerprint density at radius 2 is 1.62 bits per heavy atom. The lowest BCUT2D eigenvalue weighted by Gasteiger charge is -2.07. The largest absolute Gasteiger partial charge is 0.349 e. The van der Waals surface area contributed by atoms with E-state index in [0.717, 1.165) is 28.7 Å². The highest BCUT2D eigenvalue weighted by molar-refractivity contribution is 6.00. The third-order valence-corrected chi connectivity index (χ3v) is 5.09. The van der Waals surface area contributed by atoms with E-state index in [9.17, 15) is 23.2 Å². The lowest BCUT2D eigenvalue weighted by molar-refractivity contribution is -0.124. The number of halogens is 2. The molecular formula is C25H20F2N4O3. The Balaban J connectivity index is 1.24. The minimum atomic E-state index is -0.995. The second-order valence-corrected chi connectivity index (χ2v) is 7.55. The van der Waals surface area contributed by atoms with Crippen LogP contribution in [-0.4, -0.2) is 34.1 Å². The number of nitrogens with one attached hydrogen (secondary N) is 3. The normalized spacial score (nSPS) is 10.8. The molecule has 0 bridgehead atoms. The first-order valence-electron chi connectivity index (χ1n) is 10.5. The Labute approximate surface area is 193 Å². The SMILES string of the molecule is O=C(CCC(=O)Nc1ccc(-c2nc3ccccc3[nH]2)cc1)NCC(=O)c1ccc(F)cc1F. The average molecular weight is 462 g/mol. The monoisotopic (exact) mass is 462 g/mol. The van der Waals surface area contributed by atoms with Gasteiger partial charge in [0.25, 0.3) is 0 Å². The van der Waals surface area contributed by atoms with E-state index in [1.807, 2.05) is 36.4 Å². The number of imidazole rings is 1. The zero-order chi connectivity index (χ0) is 24.1. The molecule has 0 aliphatic rings. The van der Waals surface area contributed by atoms with E-state index in [1.54, 1.807) is 12.1 Å². The molecule has 1 aromatic heterocycles. The van der Waals surface area contributed by atoms with Crippen molar-refractivity contribution in [2.75, 3.05) is 11.9 Å². The van der Waals surface area contributed by atoms with E-state index < -0.39 is 29.9 Å². The number of hydrogen-bond acceptors (Lipinski definition) is 4. The number of ketones is 1. The van der Waals surface area contributed by atoms with Gasteiger partial charge in [-0.3, -0.25) is 14.4 Å². The zero-order valence-electron chi connectivity index (χ0n) is 17.9. The number of para-hydroxylation sites is 2. The van der Waals surface area contributed by atoms with Crippen molar-refractivity contribution in [2.45, 2.75) is 12.8 Å². The topological polar surface area (TPSA) is 104 Å². The van der Waals surface area contributed by atoms with Crippen molar-refractivity contribution < 1.29 is 23.2 Å². The van der Waals surface area contributed by atoms with Crippen molar-refractivity contribution in [3.05, 3.63) is 83.9 Å². The fraction of sp³-hybridized carbons (Fsp3) is 0.120. The summed E-state index contributed by atoms with van der Waals surface area (Å²) in [6.45, 7) is -0.452. The van der Waals surface area contributed by atoms with Gasteiger partial charge in [-0.25, -0.2) is 13.8 Å². The molecule has 3 N–H and O–H groups in total. The Morgan fingerprint density at radius 1 is 0.882 bits per heavy atom. The summed E-state index contributed by atoms with van der Waals surface area (Å²) in [5, 5.41) is 5.04. The van der Waals surface area contributed by atoms with Crippen LogP contribution < -0.4 is 10.6 Å². The second-order valence-electron chi connectivity index (χ2n) is 7.55. The Morgan fingerprint density at radius 3 is 2.35 bits per heavy atom. The van der Waals surface area contributed by atoms with E-state index in [4.69, 9.17) is 0 Å². The molecule has 0 unspecified atom stereocenters. The summed E-state index contributed by atoms with van der Waals surface area (Å²) in [4.78, 5) is 43.9. The van der Waals surface area contributed by atoms with Crippen molar-refractivity contribution in [2.24, 2.45) is 0 Å². The van der Waals surface area contributed by atoms with Gasteiger partial charge in [0.05, 0.1) is 23.1 Å². The summed E-state index contributed by atoms with van der Waals surface area (Å²) >= 11 is 0. The van der Waals surface area contributed by atoms with Gasteiger partial charge in [-0.2, -0.15) is 0 Å². The number of anilines is 1. The van der Waals surface area contributed by atoms with Crippen LogP contribution in [0.3, 0.4) is 0 Å². The van der Waals surface area contributed by atoms with Crippen LogP contribution in [0.2, 0.25) is 0 Å². The molecule has 4 rings (SSSR count). The predicted molar refractivity (Wildman–Crippen MR) is 123 cm³/mol. The average Bonchev–Trinajstić information content (AvgIpc) is 3.26. The molecule has 7 nitrogen and oxygen atoms in total. The molecule has 0 aliphatic heterocycles. The zero-order valence-corrected chi connectivity index (χ0v) is 17.9. The van der Waals surface area contributed by atoms with E-state index in [-0.39, 0.29) is 24.3 Å². The quantitative estimate of drug-likeness (QED) is 0.341. The molecule has 0 radical (unpaired) electrons. The van der Waals surface area contributed by atoms with E-state index in [2.05, 4.69) is 20.6 Å². The summed E-state index contributed by atoms with van der Waals surface area (Å²) in [6, 6.07) is 17.4. The number of amides is 2. The lowest BCUT2D eigenvalue weighted by atomic mass is 10.1. The fourth-order valence-corrected chi connectivity index (χ4v) is 3.33. The molecule has 172 valence electrons. The first-order valence-corrected chi connectivity index (χ1v) is 10.5. The second kappa shape index (κ2) is 10.0. The van der Waals surface area contributed by atoms with Crippen LogP contribution in [-0.2, 0) is 9.59 Å². The highest BCUT2D eigenvalue weighted by Gasteiger charge is 2.14. The highest BCUT2D eigenvalue weighted by atomic mass is 19.1. The molecule has 0 saturated carbocycles. The van der Waals surface area contributed by atoms with Gasteiger partial charge < -0.3 is 15.6 Å². The number of aromatic amines is 1. The van der Waals surface area contributed by atoms with Crippen molar-refractivity contribution in [3.63, 3.8) is 0 Å². The predicted octanol–water partition coefficient (Wildman–Crippen LogP) is 4.23. The van der Waals surface area contributed by atoms with E-state index in [0.29, 0.717) is 17.6 Å². The van der Waals surface area contributed by atoms with Crippen LogP contribution in [0.1, 0.15) is 23.2 Å². The molecule has 2 amide bonds. The van der Waals surface area contributed by atoms with Crippen molar-refractivity contribution in [1.29, 1.82) is 0 Å². The molecule has 9 heteroatoms. The molecule has 0 saturated heterocycles. The van der Waals surface area contributed by atoms with Crippen LogP contribution in [0.15, 0.2) is 66.7 Å². The number of nitrogens with zero attached hydrogens (tertiary/aromatic N) is 1. The summed E-state index contributed by atoms with van der Waals surface area (Å²) in [5.41, 5.74) is 2.89. The van der Waals surface area contributed by atoms with Gasteiger partial charge in [-0.15, -0.1) is 0 Å². The van der Waals surface area contributed by atoms with E-state index in [1.165, 1.54) is 0 Å². The van der Waals surface area contributed by atoms with Gasteiger partial charge in [0.1, 0.15) is 17.5 Å². The van der Waals surface area contributed by atoms with Gasteiger partial charge in [-0.1, -0.05) is 12.1 Å². The van der Waals surface area contributed by atoms with Crippen LogP contribution in [0.4, 0.5) is 14.5 Å². The number of rotatable bonds is 8. The van der Waals surface area contributed by atoms with Crippen LogP contribution >= 0.6 is 0 Å². The summed E-state index contributed by atoms with van der Waals surface area (Å²) in [5.74, 6) is -2.68.